The van der Waals surface area contributed by atoms with Gasteiger partial charge in [-0.25, -0.2) is 0 Å². The lowest BCUT2D eigenvalue weighted by Gasteiger charge is -2.21. The highest BCUT2D eigenvalue weighted by molar-refractivity contribution is 5.25. The van der Waals surface area contributed by atoms with Crippen molar-refractivity contribution >= 4 is 0 Å². The van der Waals surface area contributed by atoms with Gasteiger partial charge in [0.15, 0.2) is 0 Å². The van der Waals surface area contributed by atoms with Crippen LogP contribution in [0.4, 0.5) is 0 Å². The molecule has 3 nitrogen and oxygen atoms in total. The smallest absolute Gasteiger partial charge is 0.124 e. The first-order chi connectivity index (χ1) is 7.28. The Morgan fingerprint density at radius 3 is 3.00 bits per heavy atom. The number of allylic oxidation sites excluding steroid dienone is 1. The first-order valence-electron chi connectivity index (χ1n) is 5.44. The average molecular weight is 210 g/mol. The van der Waals surface area contributed by atoms with E-state index in [1.54, 1.807) is 7.11 Å². The summed E-state index contributed by atoms with van der Waals surface area (Å²) >= 11 is 0. The quantitative estimate of drug-likeness (QED) is 0.713. The summed E-state index contributed by atoms with van der Waals surface area (Å²) in [6.07, 6.45) is 6.47. The van der Waals surface area contributed by atoms with Crippen LogP contribution in [0.2, 0.25) is 0 Å². The molecule has 2 unspecified atom stereocenters. The van der Waals surface area contributed by atoms with E-state index in [4.69, 9.17) is 14.2 Å². The number of rotatable bonds is 3. The summed E-state index contributed by atoms with van der Waals surface area (Å²) in [6, 6.07) is 0. The van der Waals surface area contributed by atoms with Crippen molar-refractivity contribution in [2.75, 3.05) is 20.3 Å². The lowest BCUT2D eigenvalue weighted by molar-refractivity contribution is 0.0875. The van der Waals surface area contributed by atoms with E-state index >= 15 is 0 Å². The zero-order valence-corrected chi connectivity index (χ0v) is 9.36. The highest BCUT2D eigenvalue weighted by Gasteiger charge is 2.20. The van der Waals surface area contributed by atoms with Gasteiger partial charge >= 0.3 is 0 Å². The summed E-state index contributed by atoms with van der Waals surface area (Å²) in [7, 11) is 1.73. The molecule has 0 aromatic rings. The Morgan fingerprint density at radius 1 is 1.47 bits per heavy atom. The Hall–Kier alpha value is -0.800. The van der Waals surface area contributed by atoms with Crippen LogP contribution >= 0.6 is 0 Å². The van der Waals surface area contributed by atoms with E-state index in [0.717, 1.165) is 25.2 Å². The van der Waals surface area contributed by atoms with Gasteiger partial charge in [0.1, 0.15) is 11.9 Å². The predicted octanol–water partition coefficient (Wildman–Crippen LogP) is 2.04. The molecule has 1 aliphatic carbocycles. The Morgan fingerprint density at radius 2 is 2.33 bits per heavy atom. The molecule has 0 bridgehead atoms. The fraction of sp³-hybridized carbons (Fsp3) is 0.667. The number of methoxy groups -OCH3 is 1. The zero-order valence-electron chi connectivity index (χ0n) is 9.36. The van der Waals surface area contributed by atoms with Crippen LogP contribution in [-0.2, 0) is 14.2 Å². The molecule has 0 aromatic carbocycles. The molecule has 1 fully saturated rings. The molecule has 15 heavy (non-hydrogen) atoms. The molecule has 0 radical (unpaired) electrons. The van der Waals surface area contributed by atoms with Crippen LogP contribution in [0.3, 0.4) is 0 Å². The molecule has 0 amide bonds. The Labute approximate surface area is 90.7 Å². The minimum atomic E-state index is 0.160. The van der Waals surface area contributed by atoms with E-state index in [1.807, 2.05) is 6.08 Å². The van der Waals surface area contributed by atoms with Crippen LogP contribution in [0.25, 0.3) is 0 Å². The summed E-state index contributed by atoms with van der Waals surface area (Å²) in [5.74, 6) is 0.932. The van der Waals surface area contributed by atoms with Gasteiger partial charge in [0.2, 0.25) is 0 Å². The fourth-order valence-electron chi connectivity index (χ4n) is 1.93. The maximum absolute atomic E-state index is 5.83. The molecule has 2 atom stereocenters. The van der Waals surface area contributed by atoms with Gasteiger partial charge in [-0.2, -0.15) is 0 Å². The first kappa shape index (κ1) is 10.7. The van der Waals surface area contributed by atoms with E-state index < -0.39 is 0 Å². The SMILES string of the molecule is COC1C=C(OC2CCOC2)C=C(C)C1. The van der Waals surface area contributed by atoms with Crippen LogP contribution in [-0.4, -0.2) is 32.5 Å². The molecule has 84 valence electrons. The molecule has 2 aliphatic rings. The summed E-state index contributed by atoms with van der Waals surface area (Å²) in [5, 5.41) is 0. The molecular weight excluding hydrogens is 192 g/mol. The van der Waals surface area contributed by atoms with Crippen LogP contribution < -0.4 is 0 Å². The molecule has 0 saturated carbocycles. The van der Waals surface area contributed by atoms with Crippen molar-refractivity contribution in [2.24, 2.45) is 0 Å². The van der Waals surface area contributed by atoms with Gasteiger partial charge in [-0.05, 0) is 25.5 Å². The zero-order chi connectivity index (χ0) is 10.7. The maximum atomic E-state index is 5.83. The van der Waals surface area contributed by atoms with Gasteiger partial charge < -0.3 is 14.2 Å². The Kier molecular flexibility index (Phi) is 3.44. The molecule has 3 heteroatoms. The normalized spacial score (nSPS) is 31.1. The van der Waals surface area contributed by atoms with Crippen molar-refractivity contribution in [1.29, 1.82) is 0 Å². The molecule has 0 spiro atoms. The van der Waals surface area contributed by atoms with Gasteiger partial charge in [-0.15, -0.1) is 0 Å². The number of hydrogen-bond donors (Lipinski definition) is 0. The van der Waals surface area contributed by atoms with Crippen molar-refractivity contribution < 1.29 is 14.2 Å². The molecule has 0 aromatic heterocycles. The lowest BCUT2D eigenvalue weighted by Crippen LogP contribution is -2.17. The third-order valence-corrected chi connectivity index (χ3v) is 2.76. The second-order valence-corrected chi connectivity index (χ2v) is 4.14. The second-order valence-electron chi connectivity index (χ2n) is 4.14. The van der Waals surface area contributed by atoms with Gasteiger partial charge in [0, 0.05) is 13.5 Å². The molecule has 1 heterocycles. The van der Waals surface area contributed by atoms with Crippen LogP contribution in [0.1, 0.15) is 19.8 Å². The van der Waals surface area contributed by atoms with Crippen molar-refractivity contribution in [3.8, 4) is 0 Å². The van der Waals surface area contributed by atoms with Gasteiger partial charge in [-0.1, -0.05) is 5.57 Å². The Balaban J connectivity index is 1.97. The monoisotopic (exact) mass is 210 g/mol. The largest absolute Gasteiger partial charge is 0.488 e. The molecule has 2 rings (SSSR count). The van der Waals surface area contributed by atoms with Crippen molar-refractivity contribution in [3.05, 3.63) is 23.5 Å². The van der Waals surface area contributed by atoms with Crippen LogP contribution in [0.15, 0.2) is 23.5 Å². The summed E-state index contributed by atoms with van der Waals surface area (Å²) < 4.78 is 16.4. The molecule has 1 aliphatic heterocycles. The van der Waals surface area contributed by atoms with E-state index in [2.05, 4.69) is 13.0 Å². The van der Waals surface area contributed by atoms with E-state index in [1.165, 1.54) is 5.57 Å². The lowest BCUT2D eigenvalue weighted by atomic mass is 10.0. The van der Waals surface area contributed by atoms with Crippen molar-refractivity contribution in [2.45, 2.75) is 32.0 Å². The van der Waals surface area contributed by atoms with Crippen LogP contribution in [0.5, 0.6) is 0 Å². The highest BCUT2D eigenvalue weighted by atomic mass is 16.5. The number of ether oxygens (including phenoxy) is 3. The summed E-state index contributed by atoms with van der Waals surface area (Å²) in [4.78, 5) is 0. The maximum Gasteiger partial charge on any atom is 0.124 e. The molecular formula is C12H18O3. The second kappa shape index (κ2) is 4.81. The minimum absolute atomic E-state index is 0.160. The third-order valence-electron chi connectivity index (χ3n) is 2.76. The molecule has 1 saturated heterocycles. The van der Waals surface area contributed by atoms with Gasteiger partial charge in [0.05, 0.1) is 19.3 Å². The minimum Gasteiger partial charge on any atom is -0.488 e. The summed E-state index contributed by atoms with van der Waals surface area (Å²) in [6.45, 7) is 3.63. The standard InChI is InChI=1S/C12H18O3/c1-9-5-11(13-2)7-12(6-9)15-10-3-4-14-8-10/h6-7,10-11H,3-5,8H2,1-2H3. The van der Waals surface area contributed by atoms with Crippen LogP contribution in [0, 0.1) is 0 Å². The van der Waals surface area contributed by atoms with Crippen molar-refractivity contribution in [1.82, 2.24) is 0 Å². The Bertz CT molecular complexity index is 275. The van der Waals surface area contributed by atoms with E-state index in [-0.39, 0.29) is 12.2 Å². The van der Waals surface area contributed by atoms with E-state index in [9.17, 15) is 0 Å². The average Bonchev–Trinajstić information content (AvgIpc) is 2.69. The molecule has 0 N–H and O–H groups in total. The van der Waals surface area contributed by atoms with E-state index in [0.29, 0.717) is 6.61 Å². The topological polar surface area (TPSA) is 27.7 Å². The van der Waals surface area contributed by atoms with Gasteiger partial charge in [0.25, 0.3) is 0 Å². The van der Waals surface area contributed by atoms with Crippen molar-refractivity contribution in [3.63, 3.8) is 0 Å². The third kappa shape index (κ3) is 2.83. The fourth-order valence-corrected chi connectivity index (χ4v) is 1.93. The highest BCUT2D eigenvalue weighted by Crippen LogP contribution is 2.22. The van der Waals surface area contributed by atoms with Gasteiger partial charge in [-0.3, -0.25) is 0 Å². The first-order valence-corrected chi connectivity index (χ1v) is 5.44. The summed E-state index contributed by atoms with van der Waals surface area (Å²) in [5.41, 5.74) is 1.30. The number of hydrogen-bond acceptors (Lipinski definition) is 3. The predicted molar refractivity (Wildman–Crippen MR) is 57.6 cm³/mol.